The standard InChI is InChI=1S/C20H19FN2O2S/c1-2-16-18(14-6-4-3-5-7-14)22-20(23-19(16)25)26-12-17(24)13-8-10-15(21)11-9-13/h3-11,17,24H,2,12H2,1H3,(H,22,23,25). The molecule has 1 aromatic heterocycles. The number of aromatic amines is 1. The number of halogens is 1. The number of nitrogens with zero attached hydrogens (tertiary/aromatic N) is 1. The molecule has 1 heterocycles. The van der Waals surface area contributed by atoms with Crippen molar-refractivity contribution in [3.8, 4) is 11.3 Å². The Bertz CT molecular complexity index is 927. The number of nitrogens with one attached hydrogen (secondary N) is 1. The van der Waals surface area contributed by atoms with Crippen molar-refractivity contribution in [1.82, 2.24) is 9.97 Å². The van der Waals surface area contributed by atoms with Crippen LogP contribution >= 0.6 is 11.8 Å². The van der Waals surface area contributed by atoms with Crippen LogP contribution in [0, 0.1) is 5.82 Å². The Labute approximate surface area is 155 Å². The molecule has 0 fully saturated rings. The molecule has 4 nitrogen and oxygen atoms in total. The Balaban J connectivity index is 1.83. The number of hydrogen-bond donors (Lipinski definition) is 2. The third-order valence-electron chi connectivity index (χ3n) is 4.03. The molecule has 1 atom stereocenters. The SMILES string of the molecule is CCc1c(-c2ccccc2)nc(SCC(O)c2ccc(F)cc2)[nH]c1=O. The summed E-state index contributed by atoms with van der Waals surface area (Å²) in [6.07, 6.45) is -0.202. The van der Waals surface area contributed by atoms with Gasteiger partial charge in [-0.3, -0.25) is 4.79 Å². The molecule has 134 valence electrons. The van der Waals surface area contributed by atoms with E-state index in [1.165, 1.54) is 23.9 Å². The summed E-state index contributed by atoms with van der Waals surface area (Å²) in [5, 5.41) is 10.7. The molecule has 3 aromatic rings. The average molecular weight is 370 g/mol. The van der Waals surface area contributed by atoms with E-state index in [0.717, 1.165) is 5.56 Å². The van der Waals surface area contributed by atoms with Crippen LogP contribution in [-0.2, 0) is 6.42 Å². The quantitative estimate of drug-likeness (QED) is 0.509. The topological polar surface area (TPSA) is 66.0 Å². The van der Waals surface area contributed by atoms with Gasteiger partial charge in [-0.15, -0.1) is 0 Å². The molecule has 1 unspecified atom stereocenters. The molecule has 2 aromatic carbocycles. The lowest BCUT2D eigenvalue weighted by Gasteiger charge is -2.12. The van der Waals surface area contributed by atoms with Crippen molar-refractivity contribution in [1.29, 1.82) is 0 Å². The zero-order valence-electron chi connectivity index (χ0n) is 14.3. The minimum Gasteiger partial charge on any atom is -0.388 e. The van der Waals surface area contributed by atoms with Gasteiger partial charge in [0.1, 0.15) is 5.82 Å². The van der Waals surface area contributed by atoms with Crippen LogP contribution < -0.4 is 5.56 Å². The monoisotopic (exact) mass is 370 g/mol. The van der Waals surface area contributed by atoms with E-state index in [2.05, 4.69) is 9.97 Å². The Morgan fingerprint density at radius 3 is 2.50 bits per heavy atom. The first kappa shape index (κ1) is 18.4. The summed E-state index contributed by atoms with van der Waals surface area (Å²) in [5.41, 5.74) is 2.64. The first-order chi connectivity index (χ1) is 12.6. The van der Waals surface area contributed by atoms with E-state index in [9.17, 15) is 14.3 Å². The van der Waals surface area contributed by atoms with Crippen LogP contribution in [0.1, 0.15) is 24.2 Å². The van der Waals surface area contributed by atoms with Gasteiger partial charge in [0, 0.05) is 16.9 Å². The number of H-pyrrole nitrogens is 1. The summed E-state index contributed by atoms with van der Waals surface area (Å²) in [5.74, 6) is -0.0453. The third kappa shape index (κ3) is 4.20. The maximum atomic E-state index is 13.0. The van der Waals surface area contributed by atoms with Gasteiger partial charge < -0.3 is 10.1 Å². The number of aliphatic hydroxyl groups excluding tert-OH is 1. The zero-order chi connectivity index (χ0) is 18.5. The van der Waals surface area contributed by atoms with Crippen molar-refractivity contribution in [3.63, 3.8) is 0 Å². The number of benzene rings is 2. The summed E-state index contributed by atoms with van der Waals surface area (Å²) in [6.45, 7) is 1.92. The van der Waals surface area contributed by atoms with Crippen molar-refractivity contribution in [2.75, 3.05) is 5.75 Å². The summed E-state index contributed by atoms with van der Waals surface area (Å²) in [7, 11) is 0. The first-order valence-corrected chi connectivity index (χ1v) is 9.32. The lowest BCUT2D eigenvalue weighted by molar-refractivity contribution is 0.204. The fraction of sp³-hybridized carbons (Fsp3) is 0.200. The van der Waals surface area contributed by atoms with E-state index >= 15 is 0 Å². The first-order valence-electron chi connectivity index (χ1n) is 8.33. The molecule has 3 rings (SSSR count). The third-order valence-corrected chi connectivity index (χ3v) is 4.98. The van der Waals surface area contributed by atoms with E-state index < -0.39 is 6.10 Å². The molecule has 0 aliphatic heterocycles. The normalized spacial score (nSPS) is 12.1. The van der Waals surface area contributed by atoms with Gasteiger partial charge in [0.05, 0.1) is 11.8 Å². The number of aromatic nitrogens is 2. The molecule has 0 amide bonds. The maximum absolute atomic E-state index is 13.0. The second-order valence-corrected chi connectivity index (χ2v) is 6.80. The number of rotatable bonds is 6. The number of hydrogen-bond acceptors (Lipinski definition) is 4. The Morgan fingerprint density at radius 1 is 1.15 bits per heavy atom. The summed E-state index contributed by atoms with van der Waals surface area (Å²) in [6, 6.07) is 15.3. The van der Waals surface area contributed by atoms with Crippen molar-refractivity contribution >= 4 is 11.8 Å². The highest BCUT2D eigenvalue weighted by Gasteiger charge is 2.14. The predicted octanol–water partition coefficient (Wildman–Crippen LogP) is 3.96. The van der Waals surface area contributed by atoms with E-state index in [1.54, 1.807) is 12.1 Å². The highest BCUT2D eigenvalue weighted by Crippen LogP contribution is 2.25. The van der Waals surface area contributed by atoms with Crippen LogP contribution in [-0.4, -0.2) is 20.8 Å². The van der Waals surface area contributed by atoms with Crippen LogP contribution in [0.5, 0.6) is 0 Å². The molecule has 0 aliphatic carbocycles. The van der Waals surface area contributed by atoms with Gasteiger partial charge in [-0.25, -0.2) is 9.37 Å². The van der Waals surface area contributed by atoms with Crippen LogP contribution in [0.25, 0.3) is 11.3 Å². The lowest BCUT2D eigenvalue weighted by atomic mass is 10.1. The molecule has 0 saturated carbocycles. The highest BCUT2D eigenvalue weighted by atomic mass is 32.2. The van der Waals surface area contributed by atoms with Crippen molar-refractivity contribution in [2.45, 2.75) is 24.6 Å². The Kier molecular flexibility index (Phi) is 5.85. The van der Waals surface area contributed by atoms with Crippen molar-refractivity contribution in [3.05, 3.63) is 81.9 Å². The fourth-order valence-corrected chi connectivity index (χ4v) is 3.48. The molecule has 6 heteroatoms. The Hall–Kier alpha value is -2.44. The van der Waals surface area contributed by atoms with Crippen molar-refractivity contribution < 1.29 is 9.50 Å². The van der Waals surface area contributed by atoms with Gasteiger partial charge in [0.2, 0.25) is 0 Å². The minimum absolute atomic E-state index is 0.167. The van der Waals surface area contributed by atoms with Crippen LogP contribution in [0.3, 0.4) is 0 Å². The van der Waals surface area contributed by atoms with Gasteiger partial charge >= 0.3 is 0 Å². The molecule has 0 bridgehead atoms. The Morgan fingerprint density at radius 2 is 1.85 bits per heavy atom. The van der Waals surface area contributed by atoms with Gasteiger partial charge in [-0.2, -0.15) is 0 Å². The molecular formula is C20H19FN2O2S. The second-order valence-electron chi connectivity index (χ2n) is 5.80. The molecular weight excluding hydrogens is 351 g/mol. The van der Waals surface area contributed by atoms with Gasteiger partial charge in [0.15, 0.2) is 5.16 Å². The van der Waals surface area contributed by atoms with E-state index in [-0.39, 0.29) is 11.4 Å². The second kappa shape index (κ2) is 8.29. The van der Waals surface area contributed by atoms with Gasteiger partial charge in [-0.1, -0.05) is 61.2 Å². The molecule has 26 heavy (non-hydrogen) atoms. The molecule has 0 saturated heterocycles. The molecule has 0 aliphatic rings. The molecule has 2 N–H and O–H groups in total. The summed E-state index contributed by atoms with van der Waals surface area (Å²) in [4.78, 5) is 19.8. The highest BCUT2D eigenvalue weighted by molar-refractivity contribution is 7.99. The molecule has 0 radical (unpaired) electrons. The number of thioether (sulfide) groups is 1. The van der Waals surface area contributed by atoms with Crippen LogP contribution in [0.2, 0.25) is 0 Å². The fourth-order valence-electron chi connectivity index (χ4n) is 2.65. The number of aliphatic hydroxyl groups is 1. The van der Waals surface area contributed by atoms with Gasteiger partial charge in [-0.05, 0) is 24.1 Å². The minimum atomic E-state index is -0.781. The van der Waals surface area contributed by atoms with E-state index in [0.29, 0.717) is 34.2 Å². The van der Waals surface area contributed by atoms with E-state index in [1.807, 2.05) is 37.3 Å². The molecule has 0 spiro atoms. The summed E-state index contributed by atoms with van der Waals surface area (Å²) >= 11 is 1.26. The summed E-state index contributed by atoms with van der Waals surface area (Å²) < 4.78 is 13.0. The van der Waals surface area contributed by atoms with E-state index in [4.69, 9.17) is 0 Å². The smallest absolute Gasteiger partial charge is 0.255 e. The largest absolute Gasteiger partial charge is 0.388 e. The van der Waals surface area contributed by atoms with Crippen LogP contribution in [0.4, 0.5) is 4.39 Å². The van der Waals surface area contributed by atoms with Crippen molar-refractivity contribution in [2.24, 2.45) is 0 Å². The average Bonchev–Trinajstić information content (AvgIpc) is 2.67. The maximum Gasteiger partial charge on any atom is 0.255 e. The van der Waals surface area contributed by atoms with Gasteiger partial charge in [0.25, 0.3) is 5.56 Å². The zero-order valence-corrected chi connectivity index (χ0v) is 15.1. The lowest BCUT2D eigenvalue weighted by Crippen LogP contribution is -2.16. The predicted molar refractivity (Wildman–Crippen MR) is 102 cm³/mol. The van der Waals surface area contributed by atoms with Crippen LogP contribution in [0.15, 0.2) is 64.5 Å².